The summed E-state index contributed by atoms with van der Waals surface area (Å²) in [4.78, 5) is 19.8. The Morgan fingerprint density at radius 2 is 1.73 bits per heavy atom. The highest BCUT2D eigenvalue weighted by molar-refractivity contribution is 5.76. The van der Waals surface area contributed by atoms with Gasteiger partial charge >= 0.3 is 12.1 Å². The molecule has 0 bridgehead atoms. The summed E-state index contributed by atoms with van der Waals surface area (Å²) >= 11 is 0. The second kappa shape index (κ2) is 10.8. The largest absolute Gasteiger partial charge is 0.493 e. The van der Waals surface area contributed by atoms with E-state index in [-0.39, 0.29) is 6.54 Å². The highest BCUT2D eigenvalue weighted by Gasteiger charge is 2.42. The third-order valence-electron chi connectivity index (χ3n) is 4.52. The van der Waals surface area contributed by atoms with E-state index in [1.165, 1.54) is 6.33 Å². The number of nitrogens with one attached hydrogen (secondary N) is 1. The van der Waals surface area contributed by atoms with Crippen LogP contribution in [0.15, 0.2) is 67.0 Å². The maximum atomic E-state index is 12.7. The van der Waals surface area contributed by atoms with Crippen molar-refractivity contribution in [3.8, 4) is 17.0 Å². The lowest BCUT2D eigenvalue weighted by atomic mass is 10.1. The fourth-order valence-corrected chi connectivity index (χ4v) is 2.89. The smallest absolute Gasteiger partial charge is 0.490 e. The summed E-state index contributed by atoms with van der Waals surface area (Å²) in [6.45, 7) is 4.64. The zero-order valence-corrected chi connectivity index (χ0v) is 18.2. The first kappa shape index (κ1) is 24.0. The van der Waals surface area contributed by atoms with E-state index >= 15 is 0 Å². The molecule has 6 nitrogen and oxygen atoms in total. The van der Waals surface area contributed by atoms with Crippen molar-refractivity contribution in [3.63, 3.8) is 0 Å². The van der Waals surface area contributed by atoms with Crippen molar-refractivity contribution in [1.29, 1.82) is 0 Å². The number of rotatable bonds is 9. The van der Waals surface area contributed by atoms with Crippen molar-refractivity contribution in [2.75, 3.05) is 18.5 Å². The van der Waals surface area contributed by atoms with Gasteiger partial charge in [-0.3, -0.25) is 0 Å². The molecule has 0 fully saturated rings. The number of alkyl halides is 3. The monoisotopic (exact) mass is 459 g/mol. The fraction of sp³-hybridized carbons (Fsp3) is 0.292. The predicted molar refractivity (Wildman–Crippen MR) is 118 cm³/mol. The van der Waals surface area contributed by atoms with Gasteiger partial charge in [0.05, 0.1) is 18.8 Å². The Morgan fingerprint density at radius 1 is 1.03 bits per heavy atom. The van der Waals surface area contributed by atoms with E-state index in [0.29, 0.717) is 29.6 Å². The van der Waals surface area contributed by atoms with E-state index in [1.54, 1.807) is 36.4 Å². The van der Waals surface area contributed by atoms with Gasteiger partial charge in [0.15, 0.2) is 0 Å². The van der Waals surface area contributed by atoms with Gasteiger partial charge in [0.1, 0.15) is 24.0 Å². The van der Waals surface area contributed by atoms with Crippen molar-refractivity contribution in [3.05, 3.63) is 72.6 Å². The molecule has 0 aliphatic rings. The van der Waals surface area contributed by atoms with Crippen LogP contribution in [0.4, 0.5) is 19.0 Å². The zero-order chi connectivity index (χ0) is 23.8. The Hall–Kier alpha value is -3.62. The maximum Gasteiger partial charge on any atom is 0.490 e. The van der Waals surface area contributed by atoms with Crippen LogP contribution >= 0.6 is 0 Å². The number of esters is 1. The summed E-state index contributed by atoms with van der Waals surface area (Å²) in [6, 6.07) is 17.3. The molecule has 0 saturated heterocycles. The minimum absolute atomic E-state index is 0.107. The van der Waals surface area contributed by atoms with Crippen LogP contribution in [0.25, 0.3) is 11.3 Å². The molecule has 1 atom stereocenters. The molecule has 33 heavy (non-hydrogen) atoms. The molecular weight excluding hydrogens is 435 g/mol. The molecule has 2 aromatic carbocycles. The second-order valence-corrected chi connectivity index (χ2v) is 7.70. The highest BCUT2D eigenvalue weighted by atomic mass is 19.4. The molecule has 1 heterocycles. The summed E-state index contributed by atoms with van der Waals surface area (Å²) in [5.74, 6) is -0.710. The molecule has 174 valence electrons. The van der Waals surface area contributed by atoms with E-state index in [2.05, 4.69) is 29.1 Å². The summed E-state index contributed by atoms with van der Waals surface area (Å²) in [6.07, 6.45) is -4.89. The van der Waals surface area contributed by atoms with Gasteiger partial charge < -0.3 is 14.8 Å². The molecule has 0 unspecified atom stereocenters. The molecule has 0 saturated carbocycles. The lowest BCUT2D eigenvalue weighted by molar-refractivity contribution is -0.204. The number of hydrogen-bond donors (Lipinski definition) is 1. The Kier molecular flexibility index (Phi) is 7.87. The average Bonchev–Trinajstić information content (AvgIpc) is 2.80. The van der Waals surface area contributed by atoms with Crippen LogP contribution in [-0.4, -0.2) is 35.3 Å². The van der Waals surface area contributed by atoms with Crippen molar-refractivity contribution in [2.45, 2.75) is 26.1 Å². The summed E-state index contributed by atoms with van der Waals surface area (Å²) in [7, 11) is 0. The summed E-state index contributed by atoms with van der Waals surface area (Å²) < 4.78 is 48.5. The molecule has 0 aliphatic carbocycles. The van der Waals surface area contributed by atoms with Crippen LogP contribution in [0, 0.1) is 5.92 Å². The third kappa shape index (κ3) is 7.20. The fourth-order valence-electron chi connectivity index (χ4n) is 2.89. The van der Waals surface area contributed by atoms with Gasteiger partial charge in [-0.2, -0.15) is 13.2 Å². The highest BCUT2D eigenvalue weighted by Crippen LogP contribution is 2.26. The number of ether oxygens (including phenoxy) is 2. The van der Waals surface area contributed by atoms with Crippen LogP contribution in [0.5, 0.6) is 5.75 Å². The predicted octanol–water partition coefficient (Wildman–Crippen LogP) is 5.44. The van der Waals surface area contributed by atoms with E-state index in [4.69, 9.17) is 9.47 Å². The number of hydrogen-bond acceptors (Lipinski definition) is 6. The quantitative estimate of drug-likeness (QED) is 0.430. The zero-order valence-electron chi connectivity index (χ0n) is 18.2. The SMILES string of the molecule is CC(C)COc1ccc(-c2cc(NC[C@H](OC(=O)C(F)(F)F)c3ccccc3)ncn2)cc1. The maximum absolute atomic E-state index is 12.7. The topological polar surface area (TPSA) is 73.3 Å². The molecule has 3 aromatic rings. The Morgan fingerprint density at radius 3 is 2.36 bits per heavy atom. The Labute approximate surface area is 189 Å². The van der Waals surface area contributed by atoms with Crippen LogP contribution < -0.4 is 10.1 Å². The normalized spacial score (nSPS) is 12.3. The van der Waals surface area contributed by atoms with Gasteiger partial charge in [-0.1, -0.05) is 44.2 Å². The van der Waals surface area contributed by atoms with Crippen molar-refractivity contribution >= 4 is 11.8 Å². The number of carbonyl (C=O) groups excluding carboxylic acids is 1. The van der Waals surface area contributed by atoms with Crippen molar-refractivity contribution in [2.24, 2.45) is 5.92 Å². The minimum atomic E-state index is -5.08. The first-order valence-corrected chi connectivity index (χ1v) is 10.3. The van der Waals surface area contributed by atoms with Crippen LogP contribution in [0.2, 0.25) is 0 Å². The number of carbonyl (C=O) groups is 1. The van der Waals surface area contributed by atoms with Gasteiger partial charge in [-0.15, -0.1) is 0 Å². The lowest BCUT2D eigenvalue weighted by Crippen LogP contribution is -2.29. The van der Waals surface area contributed by atoms with Crippen LogP contribution in [0.1, 0.15) is 25.5 Å². The van der Waals surface area contributed by atoms with Crippen LogP contribution in [0.3, 0.4) is 0 Å². The first-order chi connectivity index (χ1) is 15.7. The van der Waals surface area contributed by atoms with Crippen molar-refractivity contribution < 1.29 is 27.4 Å². The number of halogens is 3. The number of anilines is 1. The van der Waals surface area contributed by atoms with Gasteiger partial charge in [-0.25, -0.2) is 14.8 Å². The summed E-state index contributed by atoms with van der Waals surface area (Å²) in [5, 5.41) is 2.93. The van der Waals surface area contributed by atoms with E-state index < -0.39 is 18.2 Å². The van der Waals surface area contributed by atoms with Crippen LogP contribution in [-0.2, 0) is 9.53 Å². The lowest BCUT2D eigenvalue weighted by Gasteiger charge is -2.20. The molecule has 0 spiro atoms. The molecular formula is C24H24F3N3O3. The first-order valence-electron chi connectivity index (χ1n) is 10.3. The van der Waals surface area contributed by atoms with Crippen molar-refractivity contribution in [1.82, 2.24) is 9.97 Å². The third-order valence-corrected chi connectivity index (χ3v) is 4.52. The minimum Gasteiger partial charge on any atom is -0.493 e. The number of aromatic nitrogens is 2. The standard InChI is InChI=1S/C24H24F3N3O3/c1-16(2)14-32-19-10-8-17(9-11-19)20-12-22(30-15-29-20)28-13-21(18-6-4-3-5-7-18)33-23(31)24(25,26)27/h3-12,15-16,21H,13-14H2,1-2H3,(H,28,29,30)/t21-/m0/s1. The molecule has 0 radical (unpaired) electrons. The summed E-state index contributed by atoms with van der Waals surface area (Å²) in [5.41, 5.74) is 1.86. The number of benzene rings is 2. The molecule has 1 aromatic heterocycles. The Balaban J connectivity index is 1.71. The number of nitrogens with zero attached hydrogens (tertiary/aromatic N) is 2. The van der Waals surface area contributed by atoms with Gasteiger partial charge in [0, 0.05) is 11.6 Å². The molecule has 0 amide bonds. The molecule has 0 aliphatic heterocycles. The van der Waals surface area contributed by atoms with Gasteiger partial charge in [0.2, 0.25) is 0 Å². The van der Waals surface area contributed by atoms with Gasteiger partial charge in [-0.05, 0) is 35.7 Å². The molecule has 9 heteroatoms. The van der Waals surface area contributed by atoms with Gasteiger partial charge in [0.25, 0.3) is 0 Å². The van der Waals surface area contributed by atoms with E-state index in [1.807, 2.05) is 24.3 Å². The van der Waals surface area contributed by atoms with E-state index in [9.17, 15) is 18.0 Å². The second-order valence-electron chi connectivity index (χ2n) is 7.70. The average molecular weight is 459 g/mol. The Bertz CT molecular complexity index is 1040. The molecule has 1 N–H and O–H groups in total. The molecule has 3 rings (SSSR count). The van der Waals surface area contributed by atoms with E-state index in [0.717, 1.165) is 11.3 Å².